The molecule has 0 N–H and O–H groups in total. The van der Waals surface area contributed by atoms with E-state index in [2.05, 4.69) is 0 Å². The fraction of sp³-hybridized carbons (Fsp3) is 0.143. The largest absolute Gasteiger partial charge is 0.274 e. The maximum Gasteiger partial charge on any atom is 0.261 e. The molecule has 0 bridgehead atoms. The van der Waals surface area contributed by atoms with Gasteiger partial charge in [-0.25, -0.2) is 4.90 Å². The van der Waals surface area contributed by atoms with Crippen LogP contribution in [0.2, 0.25) is 0 Å². The predicted octanol–water partition coefficient (Wildman–Crippen LogP) is 2.45. The molecule has 0 unspecified atom stereocenters. The van der Waals surface area contributed by atoms with E-state index in [4.69, 9.17) is 0 Å². The zero-order valence-corrected chi connectivity index (χ0v) is 9.59. The number of carbonyl (C=O) groups is 2. The lowest BCUT2D eigenvalue weighted by atomic mass is 10.2. The van der Waals surface area contributed by atoms with Gasteiger partial charge in [0.15, 0.2) is 0 Å². The lowest BCUT2D eigenvalue weighted by Crippen LogP contribution is -2.28. The van der Waals surface area contributed by atoms with Crippen molar-refractivity contribution in [3.05, 3.63) is 54.1 Å². The van der Waals surface area contributed by atoms with Crippen molar-refractivity contribution in [1.29, 1.82) is 0 Å². The molecule has 17 heavy (non-hydrogen) atoms. The molecule has 1 saturated heterocycles. The van der Waals surface area contributed by atoms with E-state index in [0.717, 1.165) is 0 Å². The van der Waals surface area contributed by atoms with Crippen LogP contribution in [0.1, 0.15) is 13.3 Å². The lowest BCUT2D eigenvalue weighted by molar-refractivity contribution is -0.120. The predicted molar refractivity (Wildman–Crippen MR) is 66.4 cm³/mol. The second kappa shape index (κ2) is 4.78. The van der Waals surface area contributed by atoms with Crippen molar-refractivity contribution in [1.82, 2.24) is 0 Å². The highest BCUT2D eigenvalue weighted by atomic mass is 16.2. The molecule has 1 aromatic rings. The number of hydrogen-bond donors (Lipinski definition) is 0. The maximum absolute atomic E-state index is 12.0. The van der Waals surface area contributed by atoms with E-state index in [1.807, 2.05) is 31.2 Å². The van der Waals surface area contributed by atoms with Gasteiger partial charge in [-0.05, 0) is 19.1 Å². The van der Waals surface area contributed by atoms with Gasteiger partial charge in [0, 0.05) is 5.57 Å². The number of benzene rings is 1. The topological polar surface area (TPSA) is 37.4 Å². The molecule has 2 rings (SSSR count). The van der Waals surface area contributed by atoms with Crippen LogP contribution in [0.3, 0.4) is 0 Å². The molecule has 3 heteroatoms. The SMILES string of the molecule is CC=CC=C1CC(=O)N(c2ccccc2)C1=O. The molecule has 0 radical (unpaired) electrons. The molecule has 1 aliphatic rings. The first kappa shape index (κ1) is 11.3. The number of rotatable bonds is 2. The van der Waals surface area contributed by atoms with E-state index in [1.165, 1.54) is 4.90 Å². The van der Waals surface area contributed by atoms with E-state index >= 15 is 0 Å². The summed E-state index contributed by atoms with van der Waals surface area (Å²) in [6, 6.07) is 8.99. The molecule has 2 amide bonds. The first-order valence-corrected chi connectivity index (χ1v) is 5.48. The summed E-state index contributed by atoms with van der Waals surface area (Å²) in [7, 11) is 0. The summed E-state index contributed by atoms with van der Waals surface area (Å²) >= 11 is 0. The van der Waals surface area contributed by atoms with Gasteiger partial charge in [-0.1, -0.05) is 36.4 Å². The van der Waals surface area contributed by atoms with E-state index in [-0.39, 0.29) is 18.2 Å². The Bertz CT molecular complexity index is 500. The fourth-order valence-electron chi connectivity index (χ4n) is 1.76. The quantitative estimate of drug-likeness (QED) is 0.575. The van der Waals surface area contributed by atoms with E-state index in [9.17, 15) is 9.59 Å². The van der Waals surface area contributed by atoms with Crippen LogP contribution in [0, 0.1) is 0 Å². The van der Waals surface area contributed by atoms with Crippen LogP contribution in [0.25, 0.3) is 0 Å². The summed E-state index contributed by atoms with van der Waals surface area (Å²) in [4.78, 5) is 25.1. The number of imide groups is 1. The summed E-state index contributed by atoms with van der Waals surface area (Å²) in [5, 5.41) is 0. The van der Waals surface area contributed by atoms with Gasteiger partial charge in [0.1, 0.15) is 0 Å². The van der Waals surface area contributed by atoms with Crippen molar-refractivity contribution in [2.45, 2.75) is 13.3 Å². The third-order valence-corrected chi connectivity index (χ3v) is 2.57. The van der Waals surface area contributed by atoms with Gasteiger partial charge in [0.05, 0.1) is 12.1 Å². The minimum absolute atomic E-state index is 0.169. The molecule has 0 spiro atoms. The highest BCUT2D eigenvalue weighted by Crippen LogP contribution is 2.25. The summed E-state index contributed by atoms with van der Waals surface area (Å²) in [6.07, 6.45) is 5.48. The lowest BCUT2D eigenvalue weighted by Gasteiger charge is -2.12. The fourth-order valence-corrected chi connectivity index (χ4v) is 1.76. The molecular formula is C14H13NO2. The second-order valence-corrected chi connectivity index (χ2v) is 3.76. The van der Waals surface area contributed by atoms with E-state index in [0.29, 0.717) is 11.3 Å². The standard InChI is InChI=1S/C14H13NO2/c1-2-3-7-11-10-13(16)15(14(11)17)12-8-5-4-6-9-12/h2-9H,10H2,1H3. The molecule has 0 atom stereocenters. The highest BCUT2D eigenvalue weighted by molar-refractivity contribution is 6.28. The normalized spacial score (nSPS) is 18.6. The number of anilines is 1. The van der Waals surface area contributed by atoms with Gasteiger partial charge in [-0.15, -0.1) is 0 Å². The van der Waals surface area contributed by atoms with Crippen LogP contribution in [0.15, 0.2) is 54.1 Å². The first-order chi connectivity index (χ1) is 8.24. The van der Waals surface area contributed by atoms with Crippen molar-refractivity contribution in [3.8, 4) is 0 Å². The molecule has 1 aliphatic heterocycles. The van der Waals surface area contributed by atoms with Gasteiger partial charge in [-0.3, -0.25) is 9.59 Å². The highest BCUT2D eigenvalue weighted by Gasteiger charge is 2.34. The van der Waals surface area contributed by atoms with E-state index in [1.54, 1.807) is 24.3 Å². The van der Waals surface area contributed by atoms with Crippen LogP contribution in [0.4, 0.5) is 5.69 Å². The molecule has 0 aliphatic carbocycles. The van der Waals surface area contributed by atoms with Crippen LogP contribution in [0.5, 0.6) is 0 Å². The smallest absolute Gasteiger partial charge is 0.261 e. The Hall–Kier alpha value is -2.16. The Morgan fingerprint density at radius 2 is 1.88 bits per heavy atom. The van der Waals surface area contributed by atoms with Gasteiger partial charge in [-0.2, -0.15) is 0 Å². The Morgan fingerprint density at radius 3 is 2.53 bits per heavy atom. The summed E-state index contributed by atoms with van der Waals surface area (Å²) in [5.41, 5.74) is 1.17. The molecule has 1 heterocycles. The molecule has 1 fully saturated rings. The number of para-hydroxylation sites is 1. The van der Waals surface area contributed by atoms with Crippen LogP contribution >= 0.6 is 0 Å². The zero-order valence-electron chi connectivity index (χ0n) is 9.59. The van der Waals surface area contributed by atoms with Crippen LogP contribution in [-0.2, 0) is 9.59 Å². The summed E-state index contributed by atoms with van der Waals surface area (Å²) < 4.78 is 0. The number of carbonyl (C=O) groups excluding carboxylic acids is 2. The minimum Gasteiger partial charge on any atom is -0.274 e. The number of hydrogen-bond acceptors (Lipinski definition) is 2. The second-order valence-electron chi connectivity index (χ2n) is 3.76. The Labute approximate surface area is 100 Å². The van der Waals surface area contributed by atoms with Crippen molar-refractivity contribution >= 4 is 17.5 Å². The van der Waals surface area contributed by atoms with Crippen LogP contribution < -0.4 is 4.90 Å². The molecule has 0 saturated carbocycles. The van der Waals surface area contributed by atoms with E-state index < -0.39 is 0 Å². The molecule has 0 aromatic heterocycles. The Morgan fingerprint density at radius 1 is 1.18 bits per heavy atom. The molecule has 86 valence electrons. The van der Waals surface area contributed by atoms with Crippen molar-refractivity contribution in [2.24, 2.45) is 0 Å². The third-order valence-electron chi connectivity index (χ3n) is 2.57. The first-order valence-electron chi connectivity index (χ1n) is 5.48. The van der Waals surface area contributed by atoms with Crippen molar-refractivity contribution in [2.75, 3.05) is 4.90 Å². The average Bonchev–Trinajstić information content (AvgIpc) is 2.63. The van der Waals surface area contributed by atoms with Crippen molar-refractivity contribution in [3.63, 3.8) is 0 Å². The zero-order chi connectivity index (χ0) is 12.3. The summed E-state index contributed by atoms with van der Waals surface area (Å²) in [5.74, 6) is -0.392. The summed E-state index contributed by atoms with van der Waals surface area (Å²) in [6.45, 7) is 1.87. The number of nitrogens with zero attached hydrogens (tertiary/aromatic N) is 1. The molecular weight excluding hydrogens is 214 g/mol. The monoisotopic (exact) mass is 227 g/mol. The molecule has 1 aromatic carbocycles. The van der Waals surface area contributed by atoms with Gasteiger partial charge in [0.25, 0.3) is 5.91 Å². The minimum atomic E-state index is -0.223. The van der Waals surface area contributed by atoms with Gasteiger partial charge in [0.2, 0.25) is 5.91 Å². The molecule has 3 nitrogen and oxygen atoms in total. The number of amides is 2. The Kier molecular flexibility index (Phi) is 3.19. The van der Waals surface area contributed by atoms with Gasteiger partial charge < -0.3 is 0 Å². The Balaban J connectivity index is 2.33. The van der Waals surface area contributed by atoms with Crippen LogP contribution in [-0.4, -0.2) is 11.8 Å². The maximum atomic E-state index is 12.0. The number of allylic oxidation sites excluding steroid dienone is 3. The third kappa shape index (κ3) is 2.18. The average molecular weight is 227 g/mol. The van der Waals surface area contributed by atoms with Crippen molar-refractivity contribution < 1.29 is 9.59 Å². The van der Waals surface area contributed by atoms with Gasteiger partial charge >= 0.3 is 0 Å².